The van der Waals surface area contributed by atoms with E-state index in [1.807, 2.05) is 56.3 Å². The molecule has 120 valence electrons. The second kappa shape index (κ2) is 8.13. The smallest absolute Gasteiger partial charge is 0.339 e. The Morgan fingerprint density at radius 3 is 2.35 bits per heavy atom. The standard InChI is InChI=1S/C19H21NO3/c1-14(2)12-20-18(21)13-23-19(22)17-11-7-6-10-16(17)15-8-4-3-5-9-15/h3-11,14H,12-13H2,1-2H3,(H,20,21). The Balaban J connectivity index is 2.04. The van der Waals surface area contributed by atoms with Gasteiger partial charge in [-0.1, -0.05) is 62.4 Å². The van der Waals surface area contributed by atoms with E-state index < -0.39 is 5.97 Å². The predicted octanol–water partition coefficient (Wildman–Crippen LogP) is 3.28. The molecule has 0 aromatic heterocycles. The maximum absolute atomic E-state index is 12.3. The van der Waals surface area contributed by atoms with Crippen LogP contribution in [0.4, 0.5) is 0 Å². The molecule has 0 atom stereocenters. The lowest BCUT2D eigenvalue weighted by atomic mass is 10.00. The number of hydrogen-bond acceptors (Lipinski definition) is 3. The molecule has 0 aliphatic heterocycles. The molecule has 0 aliphatic carbocycles. The molecule has 2 rings (SSSR count). The normalized spacial score (nSPS) is 10.4. The Morgan fingerprint density at radius 2 is 1.65 bits per heavy atom. The van der Waals surface area contributed by atoms with Crippen LogP contribution < -0.4 is 5.32 Å². The molecule has 0 saturated carbocycles. The minimum atomic E-state index is -0.496. The highest BCUT2D eigenvalue weighted by Gasteiger charge is 2.15. The van der Waals surface area contributed by atoms with Gasteiger partial charge >= 0.3 is 5.97 Å². The van der Waals surface area contributed by atoms with Crippen LogP contribution in [0.15, 0.2) is 54.6 Å². The van der Waals surface area contributed by atoms with Crippen LogP contribution in [-0.4, -0.2) is 25.0 Å². The fourth-order valence-electron chi connectivity index (χ4n) is 2.11. The van der Waals surface area contributed by atoms with Gasteiger partial charge in [0.05, 0.1) is 5.56 Å². The molecule has 1 amide bonds. The molecule has 0 bridgehead atoms. The number of rotatable bonds is 6. The summed E-state index contributed by atoms with van der Waals surface area (Å²) in [5.74, 6) is -0.429. The van der Waals surface area contributed by atoms with E-state index in [9.17, 15) is 9.59 Å². The first-order valence-corrected chi connectivity index (χ1v) is 7.66. The van der Waals surface area contributed by atoms with Gasteiger partial charge in [0.25, 0.3) is 5.91 Å². The molecule has 4 nitrogen and oxygen atoms in total. The van der Waals surface area contributed by atoms with Crippen molar-refractivity contribution in [1.29, 1.82) is 0 Å². The van der Waals surface area contributed by atoms with Gasteiger partial charge in [-0.25, -0.2) is 4.79 Å². The minimum Gasteiger partial charge on any atom is -0.452 e. The lowest BCUT2D eigenvalue weighted by Gasteiger charge is -2.11. The molecule has 0 heterocycles. The zero-order chi connectivity index (χ0) is 16.7. The van der Waals surface area contributed by atoms with Crippen molar-refractivity contribution in [1.82, 2.24) is 5.32 Å². The third-order valence-corrected chi connectivity index (χ3v) is 3.27. The highest BCUT2D eigenvalue weighted by atomic mass is 16.5. The lowest BCUT2D eigenvalue weighted by molar-refractivity contribution is -0.124. The summed E-state index contributed by atoms with van der Waals surface area (Å²) < 4.78 is 5.13. The van der Waals surface area contributed by atoms with Gasteiger partial charge in [-0.15, -0.1) is 0 Å². The Hall–Kier alpha value is -2.62. The topological polar surface area (TPSA) is 55.4 Å². The molecule has 23 heavy (non-hydrogen) atoms. The zero-order valence-electron chi connectivity index (χ0n) is 13.4. The van der Waals surface area contributed by atoms with E-state index in [-0.39, 0.29) is 12.5 Å². The van der Waals surface area contributed by atoms with Crippen LogP contribution in [0.1, 0.15) is 24.2 Å². The van der Waals surface area contributed by atoms with Crippen molar-refractivity contribution in [3.8, 4) is 11.1 Å². The van der Waals surface area contributed by atoms with Crippen molar-refractivity contribution in [3.05, 3.63) is 60.2 Å². The summed E-state index contributed by atoms with van der Waals surface area (Å²) in [5.41, 5.74) is 2.18. The number of nitrogens with one attached hydrogen (secondary N) is 1. The lowest BCUT2D eigenvalue weighted by Crippen LogP contribution is -2.31. The largest absolute Gasteiger partial charge is 0.452 e. The van der Waals surface area contributed by atoms with Crippen LogP contribution >= 0.6 is 0 Å². The van der Waals surface area contributed by atoms with Crippen LogP contribution in [0.5, 0.6) is 0 Å². The number of ether oxygens (including phenoxy) is 1. The summed E-state index contributed by atoms with van der Waals surface area (Å²) in [5, 5.41) is 2.72. The van der Waals surface area contributed by atoms with Gasteiger partial charge in [0.2, 0.25) is 0 Å². The predicted molar refractivity (Wildman–Crippen MR) is 90.0 cm³/mol. The molecule has 0 spiro atoms. The average molecular weight is 311 g/mol. The van der Waals surface area contributed by atoms with Crippen LogP contribution in [0, 0.1) is 5.92 Å². The van der Waals surface area contributed by atoms with Crippen molar-refractivity contribution in [2.45, 2.75) is 13.8 Å². The molecular weight excluding hydrogens is 290 g/mol. The zero-order valence-corrected chi connectivity index (χ0v) is 13.4. The summed E-state index contributed by atoms with van der Waals surface area (Å²) >= 11 is 0. The first kappa shape index (κ1) is 16.7. The Kier molecular flexibility index (Phi) is 5.92. The maximum Gasteiger partial charge on any atom is 0.339 e. The quantitative estimate of drug-likeness (QED) is 0.833. The maximum atomic E-state index is 12.3. The second-order valence-electron chi connectivity index (χ2n) is 5.69. The number of esters is 1. The molecule has 4 heteroatoms. The van der Waals surface area contributed by atoms with Gasteiger partial charge in [-0.3, -0.25) is 4.79 Å². The fraction of sp³-hybridized carbons (Fsp3) is 0.263. The number of amides is 1. The molecule has 0 unspecified atom stereocenters. The number of carbonyl (C=O) groups excluding carboxylic acids is 2. The molecule has 0 fully saturated rings. The third kappa shape index (κ3) is 4.95. The van der Waals surface area contributed by atoms with Gasteiger partial charge < -0.3 is 10.1 Å². The van der Waals surface area contributed by atoms with E-state index in [2.05, 4.69) is 5.32 Å². The van der Waals surface area contributed by atoms with Gasteiger partial charge in [0.1, 0.15) is 0 Å². The molecular formula is C19H21NO3. The molecule has 0 aliphatic rings. The second-order valence-corrected chi connectivity index (χ2v) is 5.69. The Morgan fingerprint density at radius 1 is 1.00 bits per heavy atom. The van der Waals surface area contributed by atoms with E-state index >= 15 is 0 Å². The van der Waals surface area contributed by atoms with Crippen molar-refractivity contribution in [2.24, 2.45) is 5.92 Å². The molecule has 0 radical (unpaired) electrons. The number of carbonyl (C=O) groups is 2. The van der Waals surface area contributed by atoms with E-state index in [1.54, 1.807) is 12.1 Å². The fourth-order valence-corrected chi connectivity index (χ4v) is 2.11. The van der Waals surface area contributed by atoms with Crippen molar-refractivity contribution in [3.63, 3.8) is 0 Å². The average Bonchev–Trinajstić information content (AvgIpc) is 2.58. The van der Waals surface area contributed by atoms with Gasteiger partial charge in [0, 0.05) is 6.54 Å². The van der Waals surface area contributed by atoms with Crippen molar-refractivity contribution in [2.75, 3.05) is 13.2 Å². The van der Waals surface area contributed by atoms with Crippen LogP contribution in [0.25, 0.3) is 11.1 Å². The number of benzene rings is 2. The van der Waals surface area contributed by atoms with E-state index in [0.717, 1.165) is 11.1 Å². The molecule has 1 N–H and O–H groups in total. The molecule has 2 aromatic carbocycles. The first-order chi connectivity index (χ1) is 11.1. The highest BCUT2D eigenvalue weighted by Crippen LogP contribution is 2.23. The Bertz CT molecular complexity index is 665. The summed E-state index contributed by atoms with van der Waals surface area (Å²) in [6.45, 7) is 4.30. The Labute approximate surface area is 136 Å². The van der Waals surface area contributed by atoms with E-state index in [1.165, 1.54) is 0 Å². The molecule has 2 aromatic rings. The minimum absolute atomic E-state index is 0.269. The van der Waals surface area contributed by atoms with Gasteiger partial charge in [-0.05, 0) is 23.1 Å². The summed E-state index contributed by atoms with van der Waals surface area (Å²) in [6, 6.07) is 16.8. The summed E-state index contributed by atoms with van der Waals surface area (Å²) in [7, 11) is 0. The molecule has 0 saturated heterocycles. The van der Waals surface area contributed by atoms with Crippen molar-refractivity contribution >= 4 is 11.9 Å². The van der Waals surface area contributed by atoms with E-state index in [0.29, 0.717) is 18.0 Å². The van der Waals surface area contributed by atoms with E-state index in [4.69, 9.17) is 4.74 Å². The summed E-state index contributed by atoms with van der Waals surface area (Å²) in [4.78, 5) is 23.9. The summed E-state index contributed by atoms with van der Waals surface area (Å²) in [6.07, 6.45) is 0. The van der Waals surface area contributed by atoms with Crippen LogP contribution in [0.2, 0.25) is 0 Å². The monoisotopic (exact) mass is 311 g/mol. The highest BCUT2D eigenvalue weighted by molar-refractivity contribution is 5.98. The number of hydrogen-bond donors (Lipinski definition) is 1. The SMILES string of the molecule is CC(C)CNC(=O)COC(=O)c1ccccc1-c1ccccc1. The van der Waals surface area contributed by atoms with Crippen molar-refractivity contribution < 1.29 is 14.3 Å². The first-order valence-electron chi connectivity index (χ1n) is 7.66. The van der Waals surface area contributed by atoms with Gasteiger partial charge in [-0.2, -0.15) is 0 Å². The van der Waals surface area contributed by atoms with Crippen LogP contribution in [-0.2, 0) is 9.53 Å². The van der Waals surface area contributed by atoms with Crippen LogP contribution in [0.3, 0.4) is 0 Å². The third-order valence-electron chi connectivity index (χ3n) is 3.27. The van der Waals surface area contributed by atoms with Gasteiger partial charge in [0.15, 0.2) is 6.61 Å².